The molecule has 144 valence electrons. The second-order valence-corrected chi connectivity index (χ2v) is 6.80. The second kappa shape index (κ2) is 9.60. The molecule has 4 heteroatoms. The SMILES string of the molecule is COc1ccc(CN(/C=C/C=C(\C)C=O)CCc2c[nH]c3ccccc23)cc1. The molecule has 0 radical (unpaired) electrons. The number of carbonyl (C=O) groups is 1. The fourth-order valence-electron chi connectivity index (χ4n) is 3.13. The maximum Gasteiger partial charge on any atom is 0.145 e. The van der Waals surface area contributed by atoms with Crippen molar-refractivity contribution in [2.24, 2.45) is 0 Å². The molecular weight excluding hydrogens is 348 g/mol. The van der Waals surface area contributed by atoms with Crippen LogP contribution in [0.2, 0.25) is 0 Å². The minimum Gasteiger partial charge on any atom is -0.497 e. The average molecular weight is 374 g/mol. The number of benzene rings is 2. The third kappa shape index (κ3) is 5.13. The number of ether oxygens (including phenoxy) is 1. The van der Waals surface area contributed by atoms with Gasteiger partial charge < -0.3 is 14.6 Å². The quantitative estimate of drug-likeness (QED) is 0.330. The number of para-hydroxylation sites is 1. The Labute approximate surface area is 166 Å². The van der Waals surface area contributed by atoms with Gasteiger partial charge in [0.05, 0.1) is 7.11 Å². The van der Waals surface area contributed by atoms with Crippen LogP contribution in [0.1, 0.15) is 18.1 Å². The van der Waals surface area contributed by atoms with Crippen LogP contribution in [0.25, 0.3) is 10.9 Å². The summed E-state index contributed by atoms with van der Waals surface area (Å²) in [6, 6.07) is 16.5. The Kier molecular flexibility index (Phi) is 6.68. The highest BCUT2D eigenvalue weighted by molar-refractivity contribution is 5.83. The number of aromatic nitrogens is 1. The number of allylic oxidation sites excluding steroid dienone is 3. The number of nitrogens with one attached hydrogen (secondary N) is 1. The van der Waals surface area contributed by atoms with Crippen molar-refractivity contribution in [2.75, 3.05) is 13.7 Å². The van der Waals surface area contributed by atoms with Crippen molar-refractivity contribution in [3.63, 3.8) is 0 Å². The number of hydrogen-bond acceptors (Lipinski definition) is 3. The van der Waals surface area contributed by atoms with Crippen LogP contribution in [-0.2, 0) is 17.8 Å². The number of aromatic amines is 1. The highest BCUT2D eigenvalue weighted by Gasteiger charge is 2.06. The Hall–Kier alpha value is -3.27. The average Bonchev–Trinajstić information content (AvgIpc) is 3.15. The van der Waals surface area contributed by atoms with E-state index in [1.54, 1.807) is 14.0 Å². The third-order valence-corrected chi connectivity index (χ3v) is 4.73. The summed E-state index contributed by atoms with van der Waals surface area (Å²) in [6.45, 7) is 3.46. The smallest absolute Gasteiger partial charge is 0.145 e. The Morgan fingerprint density at radius 1 is 1.14 bits per heavy atom. The summed E-state index contributed by atoms with van der Waals surface area (Å²) in [5.41, 5.74) is 4.39. The highest BCUT2D eigenvalue weighted by Crippen LogP contribution is 2.19. The minimum atomic E-state index is 0.706. The lowest BCUT2D eigenvalue weighted by molar-refractivity contribution is -0.104. The number of methoxy groups -OCH3 is 1. The summed E-state index contributed by atoms with van der Waals surface area (Å²) >= 11 is 0. The fourth-order valence-corrected chi connectivity index (χ4v) is 3.13. The molecule has 0 saturated carbocycles. The molecule has 0 spiro atoms. The van der Waals surface area contributed by atoms with Crippen LogP contribution in [0.3, 0.4) is 0 Å². The number of aldehydes is 1. The standard InChI is InChI=1S/C24H26N2O2/c1-19(18-27)6-5-14-26(17-20-9-11-22(28-2)12-10-20)15-13-21-16-25-24-8-4-3-7-23(21)24/h3-12,14,16,18,25H,13,15,17H2,1-2H3/b14-5+,19-6+. The molecule has 3 aromatic rings. The van der Waals surface area contributed by atoms with E-state index in [-0.39, 0.29) is 0 Å². The molecule has 1 N–H and O–H groups in total. The van der Waals surface area contributed by atoms with Crippen LogP contribution < -0.4 is 4.74 Å². The van der Waals surface area contributed by atoms with Crippen LogP contribution in [0.4, 0.5) is 0 Å². The second-order valence-electron chi connectivity index (χ2n) is 6.80. The first-order chi connectivity index (χ1) is 13.7. The zero-order valence-electron chi connectivity index (χ0n) is 16.4. The molecule has 1 aromatic heterocycles. The monoisotopic (exact) mass is 374 g/mol. The van der Waals surface area contributed by atoms with E-state index in [1.165, 1.54) is 22.0 Å². The van der Waals surface area contributed by atoms with Gasteiger partial charge in [-0.3, -0.25) is 4.79 Å². The lowest BCUT2D eigenvalue weighted by Crippen LogP contribution is -2.19. The zero-order valence-corrected chi connectivity index (χ0v) is 16.4. The molecule has 0 unspecified atom stereocenters. The van der Waals surface area contributed by atoms with Crippen molar-refractivity contribution in [3.8, 4) is 5.75 Å². The van der Waals surface area contributed by atoms with Gasteiger partial charge in [-0.1, -0.05) is 36.4 Å². The van der Waals surface area contributed by atoms with Crippen LogP contribution in [0, 0.1) is 0 Å². The maximum atomic E-state index is 10.8. The number of rotatable bonds is 9. The Balaban J connectivity index is 1.73. The highest BCUT2D eigenvalue weighted by atomic mass is 16.5. The normalized spacial score (nSPS) is 11.9. The van der Waals surface area contributed by atoms with E-state index in [1.807, 2.05) is 36.6 Å². The molecule has 2 aromatic carbocycles. The summed E-state index contributed by atoms with van der Waals surface area (Å²) in [7, 11) is 1.67. The number of nitrogens with zero attached hydrogens (tertiary/aromatic N) is 1. The summed E-state index contributed by atoms with van der Waals surface area (Å²) in [6.07, 6.45) is 9.70. The van der Waals surface area contributed by atoms with Crippen molar-refractivity contribution in [1.29, 1.82) is 0 Å². The Bertz CT molecular complexity index is 968. The van der Waals surface area contributed by atoms with E-state index in [2.05, 4.69) is 46.4 Å². The van der Waals surface area contributed by atoms with Crippen molar-refractivity contribution in [3.05, 3.63) is 89.8 Å². The minimum absolute atomic E-state index is 0.706. The molecule has 0 aliphatic carbocycles. The van der Waals surface area contributed by atoms with E-state index in [0.717, 1.165) is 31.5 Å². The number of H-pyrrole nitrogens is 1. The van der Waals surface area contributed by atoms with Crippen LogP contribution >= 0.6 is 0 Å². The molecule has 1 heterocycles. The van der Waals surface area contributed by atoms with E-state index < -0.39 is 0 Å². The summed E-state index contributed by atoms with van der Waals surface area (Å²) < 4.78 is 5.24. The molecule has 3 rings (SSSR count). The molecule has 0 atom stereocenters. The van der Waals surface area contributed by atoms with Gasteiger partial charge in [0, 0.05) is 30.2 Å². The molecule has 0 aliphatic rings. The van der Waals surface area contributed by atoms with Gasteiger partial charge in [-0.2, -0.15) is 0 Å². The van der Waals surface area contributed by atoms with Gasteiger partial charge in [0.15, 0.2) is 0 Å². The first-order valence-electron chi connectivity index (χ1n) is 9.42. The Morgan fingerprint density at radius 2 is 1.93 bits per heavy atom. The van der Waals surface area contributed by atoms with E-state index in [0.29, 0.717) is 5.57 Å². The molecule has 0 saturated heterocycles. The summed E-state index contributed by atoms with van der Waals surface area (Å²) in [5.74, 6) is 0.856. The zero-order chi connectivity index (χ0) is 19.8. The Morgan fingerprint density at radius 3 is 2.68 bits per heavy atom. The third-order valence-electron chi connectivity index (χ3n) is 4.73. The van der Waals surface area contributed by atoms with E-state index in [9.17, 15) is 4.79 Å². The van der Waals surface area contributed by atoms with Gasteiger partial charge in [0.2, 0.25) is 0 Å². The number of fused-ring (bicyclic) bond motifs is 1. The first-order valence-corrected chi connectivity index (χ1v) is 9.42. The number of hydrogen-bond donors (Lipinski definition) is 1. The largest absolute Gasteiger partial charge is 0.497 e. The predicted octanol–water partition coefficient (Wildman–Crippen LogP) is 4.88. The van der Waals surface area contributed by atoms with E-state index >= 15 is 0 Å². The van der Waals surface area contributed by atoms with Gasteiger partial charge in [-0.05, 0) is 60.5 Å². The van der Waals surface area contributed by atoms with Crippen molar-refractivity contribution in [1.82, 2.24) is 9.88 Å². The lowest BCUT2D eigenvalue weighted by atomic mass is 10.1. The van der Waals surface area contributed by atoms with E-state index in [4.69, 9.17) is 4.74 Å². The van der Waals surface area contributed by atoms with Gasteiger partial charge in [-0.25, -0.2) is 0 Å². The van der Waals surface area contributed by atoms with Gasteiger partial charge >= 0.3 is 0 Å². The molecule has 0 amide bonds. The van der Waals surface area contributed by atoms with Gasteiger partial charge in [0.1, 0.15) is 12.0 Å². The van der Waals surface area contributed by atoms with Crippen LogP contribution in [-0.4, -0.2) is 29.8 Å². The van der Waals surface area contributed by atoms with Crippen molar-refractivity contribution < 1.29 is 9.53 Å². The first kappa shape index (κ1) is 19.5. The van der Waals surface area contributed by atoms with Crippen molar-refractivity contribution >= 4 is 17.2 Å². The van der Waals surface area contributed by atoms with Crippen molar-refractivity contribution in [2.45, 2.75) is 19.9 Å². The lowest BCUT2D eigenvalue weighted by Gasteiger charge is -2.20. The molecule has 0 fully saturated rings. The summed E-state index contributed by atoms with van der Waals surface area (Å²) in [4.78, 5) is 16.4. The molecule has 28 heavy (non-hydrogen) atoms. The van der Waals surface area contributed by atoms with Crippen LogP contribution in [0.15, 0.2) is 78.7 Å². The maximum absolute atomic E-state index is 10.8. The molecular formula is C24H26N2O2. The van der Waals surface area contributed by atoms with Crippen LogP contribution in [0.5, 0.6) is 5.75 Å². The van der Waals surface area contributed by atoms with Gasteiger partial charge in [-0.15, -0.1) is 0 Å². The summed E-state index contributed by atoms with van der Waals surface area (Å²) in [5, 5.41) is 1.27. The topological polar surface area (TPSA) is 45.3 Å². The molecule has 4 nitrogen and oxygen atoms in total. The number of carbonyl (C=O) groups excluding carboxylic acids is 1. The molecule has 0 bridgehead atoms. The van der Waals surface area contributed by atoms with Gasteiger partial charge in [0.25, 0.3) is 0 Å². The molecule has 0 aliphatic heterocycles. The fraction of sp³-hybridized carbons (Fsp3) is 0.208. The predicted molar refractivity (Wildman–Crippen MR) is 114 cm³/mol.